The highest BCUT2D eigenvalue weighted by molar-refractivity contribution is 7.89. The molecule has 1 heterocycles. The van der Waals surface area contributed by atoms with E-state index in [4.69, 9.17) is 11.6 Å². The number of carbonyl (C=O) groups is 1. The lowest BCUT2D eigenvalue weighted by Gasteiger charge is -2.33. The zero-order valence-corrected chi connectivity index (χ0v) is 17.2. The van der Waals surface area contributed by atoms with Crippen molar-refractivity contribution in [1.29, 1.82) is 0 Å². The third-order valence-electron chi connectivity index (χ3n) is 4.69. The molecule has 29 heavy (non-hydrogen) atoms. The van der Waals surface area contributed by atoms with Gasteiger partial charge in [-0.25, -0.2) is 17.2 Å². The Morgan fingerprint density at radius 2 is 1.72 bits per heavy atom. The van der Waals surface area contributed by atoms with E-state index in [2.05, 4.69) is 0 Å². The second-order valence-corrected chi connectivity index (χ2v) is 8.99. The molecule has 5 nitrogen and oxygen atoms in total. The summed E-state index contributed by atoms with van der Waals surface area (Å²) in [6.45, 7) is 2.41. The zero-order valence-electron chi connectivity index (χ0n) is 15.6. The van der Waals surface area contributed by atoms with Crippen molar-refractivity contribution in [2.75, 3.05) is 26.2 Å². The molecule has 1 fully saturated rings. The van der Waals surface area contributed by atoms with Crippen LogP contribution >= 0.6 is 11.6 Å². The van der Waals surface area contributed by atoms with Crippen molar-refractivity contribution in [3.63, 3.8) is 0 Å². The van der Waals surface area contributed by atoms with Crippen LogP contribution in [0.15, 0.2) is 47.4 Å². The number of hydrogen-bond acceptors (Lipinski definition) is 3. The summed E-state index contributed by atoms with van der Waals surface area (Å²) >= 11 is 6.07. The lowest BCUT2D eigenvalue weighted by molar-refractivity contribution is -0.127. The van der Waals surface area contributed by atoms with Crippen LogP contribution in [-0.2, 0) is 14.8 Å². The summed E-state index contributed by atoms with van der Waals surface area (Å²) < 4.78 is 52.8. The smallest absolute Gasteiger partial charge is 0.246 e. The molecule has 154 valence electrons. The summed E-state index contributed by atoms with van der Waals surface area (Å²) in [6.07, 6.45) is 3.07. The van der Waals surface area contributed by atoms with Crippen LogP contribution in [0.25, 0.3) is 6.08 Å². The Balaban J connectivity index is 1.63. The Labute approximate surface area is 173 Å². The lowest BCUT2D eigenvalue weighted by atomic mass is 10.1. The summed E-state index contributed by atoms with van der Waals surface area (Å²) in [6, 6.07) is 7.93. The van der Waals surface area contributed by atoms with E-state index in [1.165, 1.54) is 11.0 Å². The van der Waals surface area contributed by atoms with Gasteiger partial charge in [0.2, 0.25) is 15.9 Å². The molecule has 0 N–H and O–H groups in total. The fourth-order valence-electron chi connectivity index (χ4n) is 2.92. The Kier molecular flexibility index (Phi) is 6.36. The van der Waals surface area contributed by atoms with Gasteiger partial charge in [-0.2, -0.15) is 4.31 Å². The van der Waals surface area contributed by atoms with Crippen LogP contribution < -0.4 is 0 Å². The van der Waals surface area contributed by atoms with Crippen LogP contribution in [0.4, 0.5) is 8.78 Å². The molecule has 9 heteroatoms. The molecule has 0 bridgehead atoms. The summed E-state index contributed by atoms with van der Waals surface area (Å²) in [5, 5.41) is 0.607. The summed E-state index contributed by atoms with van der Waals surface area (Å²) in [5.74, 6) is -2.58. The first-order valence-corrected chi connectivity index (χ1v) is 10.7. The zero-order chi connectivity index (χ0) is 21.2. The largest absolute Gasteiger partial charge is 0.337 e. The van der Waals surface area contributed by atoms with E-state index in [9.17, 15) is 22.0 Å². The quantitative estimate of drug-likeness (QED) is 0.684. The van der Waals surface area contributed by atoms with Gasteiger partial charge in [0, 0.05) is 37.3 Å². The molecule has 2 aromatic carbocycles. The molecule has 0 spiro atoms. The number of halogens is 3. The molecule has 0 saturated carbocycles. The minimum Gasteiger partial charge on any atom is -0.337 e. The molecule has 0 radical (unpaired) electrons. The third kappa shape index (κ3) is 4.83. The van der Waals surface area contributed by atoms with Gasteiger partial charge in [0.25, 0.3) is 0 Å². The molecule has 2 aromatic rings. The second-order valence-electron chi connectivity index (χ2n) is 6.65. The average molecular weight is 441 g/mol. The minimum atomic E-state index is -3.96. The molecule has 1 aliphatic heterocycles. The van der Waals surface area contributed by atoms with Crippen LogP contribution in [0.1, 0.15) is 11.1 Å². The van der Waals surface area contributed by atoms with E-state index in [0.717, 1.165) is 27.6 Å². The molecule has 0 aromatic heterocycles. The third-order valence-corrected chi connectivity index (χ3v) is 7.00. The predicted molar refractivity (Wildman–Crippen MR) is 107 cm³/mol. The number of benzene rings is 2. The van der Waals surface area contributed by atoms with Gasteiger partial charge < -0.3 is 4.90 Å². The van der Waals surface area contributed by atoms with E-state index < -0.39 is 21.7 Å². The molecular formula is C20H19ClF2N2O3S. The van der Waals surface area contributed by atoms with E-state index in [0.29, 0.717) is 11.1 Å². The summed E-state index contributed by atoms with van der Waals surface area (Å²) in [5.41, 5.74) is 1.72. The predicted octanol–water partition coefficient (Wildman–Crippen LogP) is 3.47. The fraction of sp³-hybridized carbons (Fsp3) is 0.250. The topological polar surface area (TPSA) is 57.7 Å². The highest BCUT2D eigenvalue weighted by Gasteiger charge is 2.30. The van der Waals surface area contributed by atoms with Crippen molar-refractivity contribution in [3.8, 4) is 0 Å². The Hall–Kier alpha value is -2.29. The molecule has 1 saturated heterocycles. The van der Waals surface area contributed by atoms with Gasteiger partial charge in [-0.05, 0) is 48.4 Å². The van der Waals surface area contributed by atoms with Crippen LogP contribution in [0.3, 0.4) is 0 Å². The van der Waals surface area contributed by atoms with Gasteiger partial charge in [-0.3, -0.25) is 4.79 Å². The number of nitrogens with zero attached hydrogens (tertiary/aromatic N) is 2. The van der Waals surface area contributed by atoms with Gasteiger partial charge in [-0.15, -0.1) is 0 Å². The van der Waals surface area contributed by atoms with Crippen molar-refractivity contribution < 1.29 is 22.0 Å². The number of rotatable bonds is 4. The van der Waals surface area contributed by atoms with Gasteiger partial charge in [-0.1, -0.05) is 23.7 Å². The molecule has 0 aliphatic carbocycles. The molecule has 1 amide bonds. The number of carbonyl (C=O) groups excluding carboxylic acids is 1. The number of piperazine rings is 1. The number of amides is 1. The lowest BCUT2D eigenvalue weighted by Crippen LogP contribution is -2.50. The molecular weight excluding hydrogens is 422 g/mol. The average Bonchev–Trinajstić information content (AvgIpc) is 2.70. The maximum Gasteiger partial charge on any atom is 0.246 e. The van der Waals surface area contributed by atoms with Crippen molar-refractivity contribution >= 4 is 33.6 Å². The Morgan fingerprint density at radius 1 is 1.03 bits per heavy atom. The Bertz CT molecular complexity index is 1070. The highest BCUT2D eigenvalue weighted by atomic mass is 35.5. The monoisotopic (exact) mass is 440 g/mol. The first kappa shape index (κ1) is 21.4. The van der Waals surface area contributed by atoms with Crippen molar-refractivity contribution in [3.05, 3.63) is 70.3 Å². The summed E-state index contributed by atoms with van der Waals surface area (Å²) in [7, 11) is -3.96. The second kappa shape index (κ2) is 8.61. The summed E-state index contributed by atoms with van der Waals surface area (Å²) in [4.78, 5) is 13.6. The van der Waals surface area contributed by atoms with Gasteiger partial charge >= 0.3 is 0 Å². The van der Waals surface area contributed by atoms with Crippen LogP contribution in [-0.4, -0.2) is 49.7 Å². The van der Waals surface area contributed by atoms with Crippen molar-refractivity contribution in [2.45, 2.75) is 11.8 Å². The maximum atomic E-state index is 13.4. The number of sulfonamides is 1. The van der Waals surface area contributed by atoms with Gasteiger partial charge in [0.1, 0.15) is 0 Å². The number of aryl methyl sites for hydroxylation is 1. The first-order valence-electron chi connectivity index (χ1n) is 8.87. The Morgan fingerprint density at radius 3 is 2.34 bits per heavy atom. The number of hydrogen-bond donors (Lipinski definition) is 0. The van der Waals surface area contributed by atoms with Crippen LogP contribution in [0, 0.1) is 18.6 Å². The van der Waals surface area contributed by atoms with Crippen LogP contribution in [0.2, 0.25) is 5.02 Å². The van der Waals surface area contributed by atoms with E-state index >= 15 is 0 Å². The van der Waals surface area contributed by atoms with E-state index in [-0.39, 0.29) is 37.0 Å². The standard InChI is InChI=1S/C20H19ClF2N2O3S/c1-14-2-3-15(12-17(14)21)4-7-20(26)24-8-10-25(11-9-24)29(27,28)16-5-6-18(22)19(23)13-16/h2-7,12-13H,8-11H2,1H3/b7-4+. The molecule has 1 aliphatic rings. The SMILES string of the molecule is Cc1ccc(/C=C/C(=O)N2CCN(S(=O)(=O)c3ccc(F)c(F)c3)CC2)cc1Cl. The maximum absolute atomic E-state index is 13.4. The normalized spacial score (nSPS) is 15.8. The van der Waals surface area contributed by atoms with E-state index in [1.54, 1.807) is 12.1 Å². The first-order chi connectivity index (χ1) is 13.7. The molecule has 0 unspecified atom stereocenters. The van der Waals surface area contributed by atoms with Crippen molar-refractivity contribution in [1.82, 2.24) is 9.21 Å². The van der Waals surface area contributed by atoms with E-state index in [1.807, 2.05) is 19.1 Å². The van der Waals surface area contributed by atoms with Gasteiger partial charge in [0.15, 0.2) is 11.6 Å². The molecule has 0 atom stereocenters. The minimum absolute atomic E-state index is 0.0667. The van der Waals surface area contributed by atoms with Crippen LogP contribution in [0.5, 0.6) is 0 Å². The fourth-order valence-corrected chi connectivity index (χ4v) is 4.54. The highest BCUT2D eigenvalue weighted by Crippen LogP contribution is 2.21. The van der Waals surface area contributed by atoms with Gasteiger partial charge in [0.05, 0.1) is 4.90 Å². The van der Waals surface area contributed by atoms with Crippen molar-refractivity contribution in [2.24, 2.45) is 0 Å². The molecule has 3 rings (SSSR count).